The predicted molar refractivity (Wildman–Crippen MR) is 145 cm³/mol. The molecule has 0 spiro atoms. The molecule has 0 bridgehead atoms. The van der Waals surface area contributed by atoms with Crippen molar-refractivity contribution in [2.75, 3.05) is 25.7 Å². The summed E-state index contributed by atoms with van der Waals surface area (Å²) in [6.07, 6.45) is 0. The summed E-state index contributed by atoms with van der Waals surface area (Å²) in [6.45, 7) is 3.93. The lowest BCUT2D eigenvalue weighted by Crippen LogP contribution is -2.29. The fourth-order valence-electron chi connectivity index (χ4n) is 4.40. The van der Waals surface area contributed by atoms with E-state index in [4.69, 9.17) is 37.4 Å². The first-order chi connectivity index (χ1) is 18.1. The van der Waals surface area contributed by atoms with Crippen molar-refractivity contribution in [1.82, 2.24) is 0 Å². The lowest BCUT2D eigenvalue weighted by Gasteiger charge is -2.27. The monoisotopic (exact) mass is 557 g/mol. The topological polar surface area (TPSA) is 106 Å². The molecule has 1 heterocycles. The summed E-state index contributed by atoms with van der Waals surface area (Å²) in [4.78, 5) is 28.1. The molecule has 2 N–H and O–H groups in total. The Morgan fingerprint density at radius 2 is 1.66 bits per heavy atom. The molecule has 1 unspecified atom stereocenters. The third-order valence-electron chi connectivity index (χ3n) is 6.11. The smallest absolute Gasteiger partial charge is 0.300 e. The lowest BCUT2D eigenvalue weighted by molar-refractivity contribution is -0.132. The first-order valence-corrected chi connectivity index (χ1v) is 12.3. The second kappa shape index (κ2) is 10.8. The van der Waals surface area contributed by atoms with Crippen molar-refractivity contribution in [2.24, 2.45) is 0 Å². The molecule has 38 heavy (non-hydrogen) atoms. The zero-order valence-corrected chi connectivity index (χ0v) is 22.6. The standard InChI is InChI=1S/C28H25Cl2NO7/c1-5-38-22-13-15(7-9-21(22)36-3)24-23(25(33)16-11-17(29)27(37-4)18(30)12-16)26(34)28(35)31(24)19-10-14(2)6-8-20(19)32/h6-13,24,32-33H,5H2,1-4H3/b25-23+. The van der Waals surface area contributed by atoms with Gasteiger partial charge in [-0.15, -0.1) is 0 Å². The quantitative estimate of drug-likeness (QED) is 0.207. The molecule has 3 aromatic rings. The second-order valence-electron chi connectivity index (χ2n) is 8.48. The average molecular weight is 558 g/mol. The third-order valence-corrected chi connectivity index (χ3v) is 6.68. The van der Waals surface area contributed by atoms with Gasteiger partial charge in [0.25, 0.3) is 11.7 Å². The van der Waals surface area contributed by atoms with Crippen LogP contribution in [0.25, 0.3) is 5.76 Å². The zero-order chi connectivity index (χ0) is 27.7. The number of Topliss-reactive ketones (excluding diaryl/α,β-unsaturated/α-hetero) is 1. The number of aryl methyl sites for hydroxylation is 1. The highest BCUT2D eigenvalue weighted by Gasteiger charge is 2.48. The van der Waals surface area contributed by atoms with Gasteiger partial charge in [0.05, 0.1) is 48.2 Å². The molecule has 8 nitrogen and oxygen atoms in total. The number of aliphatic hydroxyl groups is 1. The van der Waals surface area contributed by atoms with Crippen molar-refractivity contribution >= 4 is 46.3 Å². The van der Waals surface area contributed by atoms with Gasteiger partial charge in [-0.25, -0.2) is 0 Å². The zero-order valence-electron chi connectivity index (χ0n) is 21.0. The summed E-state index contributed by atoms with van der Waals surface area (Å²) in [7, 11) is 2.89. The van der Waals surface area contributed by atoms with Crippen LogP contribution in [0.1, 0.15) is 29.7 Å². The number of benzene rings is 3. The molecule has 1 aliphatic heterocycles. The minimum absolute atomic E-state index is 0.103. The molecule has 10 heteroatoms. The van der Waals surface area contributed by atoms with E-state index in [1.54, 1.807) is 44.2 Å². The second-order valence-corrected chi connectivity index (χ2v) is 9.29. The lowest BCUT2D eigenvalue weighted by atomic mass is 9.94. The van der Waals surface area contributed by atoms with Crippen molar-refractivity contribution in [3.8, 4) is 23.0 Å². The summed E-state index contributed by atoms with van der Waals surface area (Å²) >= 11 is 12.6. The van der Waals surface area contributed by atoms with Gasteiger partial charge >= 0.3 is 0 Å². The number of carbonyl (C=O) groups excluding carboxylic acids is 2. The van der Waals surface area contributed by atoms with E-state index >= 15 is 0 Å². The fraction of sp³-hybridized carbons (Fsp3) is 0.214. The van der Waals surface area contributed by atoms with Gasteiger partial charge in [-0.05, 0) is 61.4 Å². The fourth-order valence-corrected chi connectivity index (χ4v) is 5.04. The molecule has 0 aliphatic carbocycles. The first kappa shape index (κ1) is 27.2. The molecule has 1 fully saturated rings. The maximum absolute atomic E-state index is 13.5. The van der Waals surface area contributed by atoms with Crippen LogP contribution in [-0.4, -0.2) is 42.7 Å². The van der Waals surface area contributed by atoms with Crippen LogP contribution in [0.2, 0.25) is 10.0 Å². The van der Waals surface area contributed by atoms with Gasteiger partial charge < -0.3 is 24.4 Å². The van der Waals surface area contributed by atoms with Crippen molar-refractivity contribution < 1.29 is 34.0 Å². The number of aliphatic hydroxyl groups excluding tert-OH is 1. The van der Waals surface area contributed by atoms with Crippen molar-refractivity contribution in [3.63, 3.8) is 0 Å². The van der Waals surface area contributed by atoms with Gasteiger partial charge in [-0.1, -0.05) is 35.3 Å². The number of hydrogen-bond donors (Lipinski definition) is 2. The Hall–Kier alpha value is -3.88. The van der Waals surface area contributed by atoms with Gasteiger partial charge in [0.1, 0.15) is 11.5 Å². The van der Waals surface area contributed by atoms with Crippen molar-refractivity contribution in [2.45, 2.75) is 19.9 Å². The van der Waals surface area contributed by atoms with E-state index in [2.05, 4.69) is 0 Å². The average Bonchev–Trinajstić information content (AvgIpc) is 3.15. The molecule has 1 amide bonds. The number of methoxy groups -OCH3 is 2. The number of rotatable bonds is 7. The molecule has 1 saturated heterocycles. The largest absolute Gasteiger partial charge is 0.507 e. The molecule has 0 saturated carbocycles. The SMILES string of the molecule is CCOc1cc(C2/C(=C(\O)c3cc(Cl)c(OC)c(Cl)c3)C(=O)C(=O)N2c2cc(C)ccc2O)ccc1OC. The van der Waals surface area contributed by atoms with Gasteiger partial charge in [-0.3, -0.25) is 14.5 Å². The third kappa shape index (κ3) is 4.73. The number of nitrogens with zero attached hydrogens (tertiary/aromatic N) is 1. The van der Waals surface area contributed by atoms with E-state index < -0.39 is 23.5 Å². The molecule has 0 radical (unpaired) electrons. The van der Waals surface area contributed by atoms with E-state index in [9.17, 15) is 19.8 Å². The minimum Gasteiger partial charge on any atom is -0.507 e. The number of phenols is 1. The van der Waals surface area contributed by atoms with Crippen LogP contribution in [0.4, 0.5) is 5.69 Å². The van der Waals surface area contributed by atoms with Gasteiger partial charge in [-0.2, -0.15) is 0 Å². The normalized spacial score (nSPS) is 16.6. The number of ether oxygens (including phenoxy) is 3. The van der Waals surface area contributed by atoms with Crippen LogP contribution in [0, 0.1) is 6.92 Å². The number of halogens is 2. The minimum atomic E-state index is -1.13. The van der Waals surface area contributed by atoms with Crippen LogP contribution in [0.15, 0.2) is 54.1 Å². The number of hydrogen-bond acceptors (Lipinski definition) is 7. The van der Waals surface area contributed by atoms with Crippen molar-refractivity contribution in [3.05, 3.63) is 80.8 Å². The Labute approximate surface area is 229 Å². The molecule has 1 aliphatic rings. The maximum Gasteiger partial charge on any atom is 0.300 e. The first-order valence-electron chi connectivity index (χ1n) is 11.6. The summed E-state index contributed by atoms with van der Waals surface area (Å²) in [5.41, 5.74) is 1.17. The van der Waals surface area contributed by atoms with Gasteiger partial charge in [0, 0.05) is 5.56 Å². The van der Waals surface area contributed by atoms with E-state index in [0.29, 0.717) is 23.7 Å². The highest BCUT2D eigenvalue weighted by atomic mass is 35.5. The van der Waals surface area contributed by atoms with Gasteiger partial charge in [0.2, 0.25) is 0 Å². The van der Waals surface area contributed by atoms with E-state index in [0.717, 1.165) is 10.5 Å². The predicted octanol–water partition coefficient (Wildman–Crippen LogP) is 6.05. The Balaban J connectivity index is 2.02. The molecule has 0 aromatic heterocycles. The van der Waals surface area contributed by atoms with Crippen LogP contribution in [-0.2, 0) is 9.59 Å². The summed E-state index contributed by atoms with van der Waals surface area (Å²) in [5, 5.41) is 22.3. The molecular formula is C28H25Cl2NO7. The van der Waals surface area contributed by atoms with E-state index in [1.807, 2.05) is 0 Å². The van der Waals surface area contributed by atoms with E-state index in [-0.39, 0.29) is 38.4 Å². The summed E-state index contributed by atoms with van der Waals surface area (Å²) in [6, 6.07) is 11.2. The maximum atomic E-state index is 13.5. The van der Waals surface area contributed by atoms with Crippen LogP contribution in [0.3, 0.4) is 0 Å². The summed E-state index contributed by atoms with van der Waals surface area (Å²) in [5.74, 6) is -1.58. The highest BCUT2D eigenvalue weighted by Crippen LogP contribution is 2.47. The number of amides is 1. The molecule has 3 aromatic carbocycles. The molecule has 1 atom stereocenters. The number of anilines is 1. The molecule has 198 valence electrons. The van der Waals surface area contributed by atoms with Gasteiger partial charge in [0.15, 0.2) is 17.2 Å². The number of aromatic hydroxyl groups is 1. The Bertz CT molecular complexity index is 1440. The Morgan fingerprint density at radius 1 is 0.974 bits per heavy atom. The highest BCUT2D eigenvalue weighted by molar-refractivity contribution is 6.52. The molecular weight excluding hydrogens is 533 g/mol. The van der Waals surface area contributed by atoms with E-state index in [1.165, 1.54) is 32.4 Å². The Kier molecular flexibility index (Phi) is 7.76. The number of phenolic OH excluding ortho intramolecular Hbond substituents is 1. The van der Waals surface area contributed by atoms with Crippen LogP contribution >= 0.6 is 23.2 Å². The number of ketones is 1. The number of carbonyl (C=O) groups is 2. The Morgan fingerprint density at radius 3 is 2.26 bits per heavy atom. The van der Waals surface area contributed by atoms with Crippen molar-refractivity contribution in [1.29, 1.82) is 0 Å². The molecule has 4 rings (SSSR count). The van der Waals surface area contributed by atoms with Crippen LogP contribution in [0.5, 0.6) is 23.0 Å². The van der Waals surface area contributed by atoms with Crippen LogP contribution < -0.4 is 19.1 Å². The summed E-state index contributed by atoms with van der Waals surface area (Å²) < 4.78 is 16.3.